The topological polar surface area (TPSA) is 66.6 Å². The summed E-state index contributed by atoms with van der Waals surface area (Å²) in [5.41, 5.74) is 7.33. The van der Waals surface area contributed by atoms with Gasteiger partial charge < -0.3 is 5.73 Å². The summed E-state index contributed by atoms with van der Waals surface area (Å²) in [6.07, 6.45) is 3.67. The molecule has 3 atom stereocenters. The maximum atomic E-state index is 12.3. The molecule has 1 aromatic carbocycles. The Labute approximate surface area is 151 Å². The second kappa shape index (κ2) is 7.70. The highest BCUT2D eigenvalue weighted by Crippen LogP contribution is 2.36. The summed E-state index contributed by atoms with van der Waals surface area (Å²) in [5.74, 6) is 1.32. The molecule has 0 amide bonds. The van der Waals surface area contributed by atoms with E-state index in [9.17, 15) is 8.42 Å². The molecule has 0 radical (unpaired) electrons. The lowest BCUT2D eigenvalue weighted by Crippen LogP contribution is -2.38. The Hall–Kier alpha value is -0.660. The summed E-state index contributed by atoms with van der Waals surface area (Å²) >= 11 is 0. The van der Waals surface area contributed by atoms with Gasteiger partial charge in [-0.05, 0) is 42.4 Å². The molecule has 1 heterocycles. The predicted octanol–water partition coefficient (Wildman–Crippen LogP) is 1.92. The Kier molecular flexibility index (Phi) is 6.31. The fraction of sp³-hybridized carbons (Fsp3) is 0.647. The Balaban J connectivity index is 0.00000208. The molecule has 1 saturated heterocycles. The van der Waals surface area contributed by atoms with Crippen molar-refractivity contribution < 1.29 is 8.42 Å². The summed E-state index contributed by atoms with van der Waals surface area (Å²) in [7, 11) is -0.240. The Bertz CT molecular complexity index is 666. The lowest BCUT2D eigenvalue weighted by Gasteiger charge is -2.29. The van der Waals surface area contributed by atoms with Gasteiger partial charge >= 0.3 is 0 Å². The third-order valence-corrected chi connectivity index (χ3v) is 7.12. The van der Waals surface area contributed by atoms with E-state index in [0.717, 1.165) is 31.6 Å². The number of hydrogen-bond donors (Lipinski definition) is 1. The number of likely N-dealkylation sites (tertiary alicyclic amines) is 1. The smallest absolute Gasteiger partial charge is 0.242 e. The SMILES string of the molecule is CN(C)S(=O)(=O)c1cccc(CN2CC3CCCC(N)C3C2)c1.Cl. The first-order valence-corrected chi connectivity index (χ1v) is 9.81. The average Bonchev–Trinajstić information content (AvgIpc) is 2.91. The summed E-state index contributed by atoms with van der Waals surface area (Å²) in [5, 5.41) is 0. The minimum absolute atomic E-state index is 0. The molecule has 1 saturated carbocycles. The molecule has 1 aliphatic carbocycles. The van der Waals surface area contributed by atoms with Crippen LogP contribution in [-0.4, -0.2) is 50.8 Å². The molecule has 3 unspecified atom stereocenters. The largest absolute Gasteiger partial charge is 0.327 e. The van der Waals surface area contributed by atoms with Crippen LogP contribution in [0.4, 0.5) is 0 Å². The number of halogens is 1. The van der Waals surface area contributed by atoms with Crippen molar-refractivity contribution in [2.75, 3.05) is 27.2 Å². The van der Waals surface area contributed by atoms with Crippen molar-refractivity contribution >= 4 is 22.4 Å². The van der Waals surface area contributed by atoms with Crippen LogP contribution < -0.4 is 5.73 Å². The number of hydrogen-bond acceptors (Lipinski definition) is 4. The van der Waals surface area contributed by atoms with Crippen molar-refractivity contribution in [3.63, 3.8) is 0 Å². The first-order chi connectivity index (χ1) is 10.9. The Morgan fingerprint density at radius 1 is 1.25 bits per heavy atom. The molecule has 5 nitrogen and oxygen atoms in total. The molecule has 136 valence electrons. The zero-order valence-corrected chi connectivity index (χ0v) is 16.0. The molecule has 2 N–H and O–H groups in total. The predicted molar refractivity (Wildman–Crippen MR) is 98.6 cm³/mol. The quantitative estimate of drug-likeness (QED) is 0.875. The van der Waals surface area contributed by atoms with Gasteiger partial charge in [0, 0.05) is 39.8 Å². The summed E-state index contributed by atoms with van der Waals surface area (Å²) in [4.78, 5) is 2.80. The fourth-order valence-corrected chi connectivity index (χ4v) is 4.98. The van der Waals surface area contributed by atoms with Crippen LogP contribution in [0.15, 0.2) is 29.2 Å². The van der Waals surface area contributed by atoms with Crippen LogP contribution in [0.5, 0.6) is 0 Å². The average molecular weight is 374 g/mol. The van der Waals surface area contributed by atoms with Gasteiger partial charge in [0.15, 0.2) is 0 Å². The minimum Gasteiger partial charge on any atom is -0.327 e. The van der Waals surface area contributed by atoms with E-state index >= 15 is 0 Å². The van der Waals surface area contributed by atoms with E-state index in [2.05, 4.69) is 4.90 Å². The molecule has 0 aromatic heterocycles. The van der Waals surface area contributed by atoms with Gasteiger partial charge in [-0.1, -0.05) is 18.6 Å². The highest BCUT2D eigenvalue weighted by atomic mass is 35.5. The van der Waals surface area contributed by atoms with E-state index in [0.29, 0.717) is 22.8 Å². The van der Waals surface area contributed by atoms with Crippen molar-refractivity contribution in [3.8, 4) is 0 Å². The summed E-state index contributed by atoms with van der Waals surface area (Å²) < 4.78 is 25.8. The first-order valence-electron chi connectivity index (χ1n) is 8.37. The molecule has 2 fully saturated rings. The third kappa shape index (κ3) is 3.94. The van der Waals surface area contributed by atoms with Crippen LogP contribution in [0.1, 0.15) is 24.8 Å². The second-order valence-corrected chi connectivity index (χ2v) is 9.30. The maximum absolute atomic E-state index is 12.3. The highest BCUT2D eigenvalue weighted by molar-refractivity contribution is 7.89. The van der Waals surface area contributed by atoms with E-state index in [4.69, 9.17) is 5.73 Å². The monoisotopic (exact) mass is 373 g/mol. The summed E-state index contributed by atoms with van der Waals surface area (Å²) in [6.45, 7) is 2.93. The van der Waals surface area contributed by atoms with Gasteiger partial charge in [0.1, 0.15) is 0 Å². The molecule has 2 aliphatic rings. The minimum atomic E-state index is -3.37. The van der Waals surface area contributed by atoms with E-state index in [1.165, 1.54) is 17.1 Å². The van der Waals surface area contributed by atoms with E-state index in [1.807, 2.05) is 12.1 Å². The zero-order valence-electron chi connectivity index (χ0n) is 14.4. The highest BCUT2D eigenvalue weighted by Gasteiger charge is 2.38. The van der Waals surface area contributed by atoms with E-state index < -0.39 is 10.0 Å². The van der Waals surface area contributed by atoms with Crippen LogP contribution in [0.25, 0.3) is 0 Å². The van der Waals surface area contributed by atoms with Crippen molar-refractivity contribution in [2.24, 2.45) is 17.6 Å². The van der Waals surface area contributed by atoms with Crippen LogP contribution >= 0.6 is 12.4 Å². The number of nitrogens with two attached hydrogens (primary N) is 1. The number of sulfonamides is 1. The van der Waals surface area contributed by atoms with Gasteiger partial charge in [-0.15, -0.1) is 12.4 Å². The van der Waals surface area contributed by atoms with Crippen LogP contribution in [0.2, 0.25) is 0 Å². The number of fused-ring (bicyclic) bond motifs is 1. The number of nitrogens with zero attached hydrogens (tertiary/aromatic N) is 2. The van der Waals surface area contributed by atoms with E-state index in [1.54, 1.807) is 26.2 Å². The molecule has 1 aromatic rings. The van der Waals surface area contributed by atoms with Gasteiger partial charge in [0.2, 0.25) is 10.0 Å². The van der Waals surface area contributed by atoms with Crippen molar-refractivity contribution in [1.82, 2.24) is 9.21 Å². The van der Waals surface area contributed by atoms with Crippen molar-refractivity contribution in [3.05, 3.63) is 29.8 Å². The number of benzene rings is 1. The van der Waals surface area contributed by atoms with Crippen LogP contribution in [0, 0.1) is 11.8 Å². The maximum Gasteiger partial charge on any atom is 0.242 e. The number of rotatable bonds is 4. The van der Waals surface area contributed by atoms with Crippen LogP contribution in [-0.2, 0) is 16.6 Å². The van der Waals surface area contributed by atoms with Crippen molar-refractivity contribution in [2.45, 2.75) is 36.7 Å². The Morgan fingerprint density at radius 3 is 2.67 bits per heavy atom. The summed E-state index contributed by atoms with van der Waals surface area (Å²) in [6, 6.07) is 7.64. The second-order valence-electron chi connectivity index (χ2n) is 7.15. The zero-order chi connectivity index (χ0) is 16.6. The van der Waals surface area contributed by atoms with Crippen molar-refractivity contribution in [1.29, 1.82) is 0 Å². The molecule has 0 spiro atoms. The molecule has 24 heavy (non-hydrogen) atoms. The molecule has 7 heteroatoms. The third-order valence-electron chi connectivity index (χ3n) is 5.31. The molecular weight excluding hydrogens is 346 g/mol. The van der Waals surface area contributed by atoms with Gasteiger partial charge in [-0.2, -0.15) is 0 Å². The lowest BCUT2D eigenvalue weighted by atomic mass is 9.78. The van der Waals surface area contributed by atoms with Gasteiger partial charge in [0.25, 0.3) is 0 Å². The molecular formula is C17H28ClN3O2S. The van der Waals surface area contributed by atoms with Crippen LogP contribution in [0.3, 0.4) is 0 Å². The fourth-order valence-electron chi connectivity index (χ4n) is 4.01. The van der Waals surface area contributed by atoms with Gasteiger partial charge in [0.05, 0.1) is 4.90 Å². The molecule has 0 bridgehead atoms. The molecule has 3 rings (SSSR count). The van der Waals surface area contributed by atoms with Gasteiger partial charge in [-0.25, -0.2) is 12.7 Å². The Morgan fingerprint density at radius 2 is 2.00 bits per heavy atom. The standard InChI is InChI=1S/C17H27N3O2S.ClH/c1-19(2)23(21,22)15-7-3-5-13(9-15)10-20-11-14-6-4-8-17(18)16(14)12-20;/h3,5,7,9,14,16-17H,4,6,8,10-12,18H2,1-2H3;1H. The lowest BCUT2D eigenvalue weighted by molar-refractivity contribution is 0.259. The normalized spacial score (nSPS) is 27.8. The molecule has 1 aliphatic heterocycles. The first kappa shape index (κ1) is 19.7. The van der Waals surface area contributed by atoms with E-state index in [-0.39, 0.29) is 12.4 Å². The van der Waals surface area contributed by atoms with Gasteiger partial charge in [-0.3, -0.25) is 4.90 Å².